The van der Waals surface area contributed by atoms with Crippen LogP contribution in [0, 0.1) is 0 Å². The summed E-state index contributed by atoms with van der Waals surface area (Å²) in [5, 5.41) is 7.78. The van der Waals surface area contributed by atoms with Crippen molar-refractivity contribution in [2.24, 2.45) is 0 Å². The molecule has 0 fully saturated rings. The SMILES string of the molecule is C1=Cc2c(ccc3c4cc(-c5ccc6c(c5)c5ccccc5n6-c5ccccc5)ccc4n(-c4cc5c6c(cccc6c4)-c4ccccc4-5)c23)CC1. The van der Waals surface area contributed by atoms with Crippen LogP contribution in [-0.2, 0) is 6.42 Å². The third-order valence-electron chi connectivity index (χ3n) is 11.7. The van der Waals surface area contributed by atoms with Crippen molar-refractivity contribution < 1.29 is 0 Å². The van der Waals surface area contributed by atoms with Crippen molar-refractivity contribution in [1.82, 2.24) is 9.13 Å². The van der Waals surface area contributed by atoms with Crippen LogP contribution in [0.5, 0.6) is 0 Å². The standard InChI is InChI=1S/C50H32N2/c1-2-13-35(14-3-1)51-46-20-9-8-18-40(46)43-28-32(22-25-47(43)51)33-23-26-48-44(29-33)42-24-21-31-11-4-5-15-37(31)50(42)52(48)36-27-34-12-10-19-41-38-16-6-7-17-39(38)45(30-36)49(34)41/h1-3,5-10,12-30H,4,11H2. The molecular weight excluding hydrogens is 629 g/mol. The van der Waals surface area contributed by atoms with Gasteiger partial charge in [-0.2, -0.15) is 0 Å². The monoisotopic (exact) mass is 660 g/mol. The van der Waals surface area contributed by atoms with Crippen molar-refractivity contribution in [2.75, 3.05) is 0 Å². The maximum Gasteiger partial charge on any atom is 0.0616 e. The van der Waals surface area contributed by atoms with E-state index in [4.69, 9.17) is 0 Å². The van der Waals surface area contributed by atoms with E-state index in [2.05, 4.69) is 179 Å². The van der Waals surface area contributed by atoms with Crippen LogP contribution in [-0.4, -0.2) is 9.13 Å². The van der Waals surface area contributed by atoms with Crippen molar-refractivity contribution in [3.05, 3.63) is 175 Å². The fourth-order valence-electron chi connectivity index (χ4n) is 9.41. The van der Waals surface area contributed by atoms with Gasteiger partial charge in [0.2, 0.25) is 0 Å². The van der Waals surface area contributed by atoms with E-state index in [0.29, 0.717) is 0 Å². The Balaban J connectivity index is 1.11. The Labute approximate surface area is 301 Å². The molecule has 2 aromatic heterocycles. The maximum absolute atomic E-state index is 2.54. The first-order valence-corrected chi connectivity index (χ1v) is 18.3. The Morgan fingerprint density at radius 3 is 1.96 bits per heavy atom. The Kier molecular flexibility index (Phi) is 5.64. The maximum atomic E-state index is 2.54. The molecule has 8 aromatic carbocycles. The van der Waals surface area contributed by atoms with Gasteiger partial charge in [-0.3, -0.25) is 0 Å². The number of hydrogen-bond donors (Lipinski definition) is 0. The predicted molar refractivity (Wildman–Crippen MR) is 220 cm³/mol. The smallest absolute Gasteiger partial charge is 0.0616 e. The topological polar surface area (TPSA) is 9.86 Å². The lowest BCUT2D eigenvalue weighted by Gasteiger charge is -2.16. The van der Waals surface area contributed by atoms with E-state index >= 15 is 0 Å². The normalized spacial score (nSPS) is 13.2. The molecule has 2 nitrogen and oxygen atoms in total. The lowest BCUT2D eigenvalue weighted by Crippen LogP contribution is -2.00. The number of rotatable bonds is 3. The van der Waals surface area contributed by atoms with Crippen molar-refractivity contribution in [3.63, 3.8) is 0 Å². The zero-order chi connectivity index (χ0) is 33.9. The van der Waals surface area contributed by atoms with E-state index in [1.807, 2.05) is 0 Å². The Bertz CT molecular complexity index is 3170. The summed E-state index contributed by atoms with van der Waals surface area (Å²) in [6.07, 6.45) is 6.87. The number of hydrogen-bond acceptors (Lipinski definition) is 0. The van der Waals surface area contributed by atoms with Crippen molar-refractivity contribution >= 4 is 60.5 Å². The summed E-state index contributed by atoms with van der Waals surface area (Å²) in [5.41, 5.74) is 17.9. The number of fused-ring (bicyclic) bond motifs is 11. The fraction of sp³-hybridized carbons (Fsp3) is 0.0400. The lowest BCUT2D eigenvalue weighted by atomic mass is 9.94. The van der Waals surface area contributed by atoms with Gasteiger partial charge in [0.1, 0.15) is 0 Å². The Morgan fingerprint density at radius 1 is 0.423 bits per heavy atom. The van der Waals surface area contributed by atoms with E-state index < -0.39 is 0 Å². The second-order valence-electron chi connectivity index (χ2n) is 14.4. The van der Waals surface area contributed by atoms with Crippen molar-refractivity contribution in [3.8, 4) is 44.8 Å². The summed E-state index contributed by atoms with van der Waals surface area (Å²) in [5.74, 6) is 0. The molecular formula is C50H32N2. The number of nitrogens with zero attached hydrogens (tertiary/aromatic N) is 2. The van der Waals surface area contributed by atoms with Gasteiger partial charge in [-0.25, -0.2) is 0 Å². The fourth-order valence-corrected chi connectivity index (χ4v) is 9.41. The largest absolute Gasteiger partial charge is 0.309 e. The van der Waals surface area contributed by atoms with Crippen LogP contribution in [0.1, 0.15) is 17.5 Å². The van der Waals surface area contributed by atoms with E-state index in [-0.39, 0.29) is 0 Å². The third-order valence-corrected chi connectivity index (χ3v) is 11.7. The molecule has 0 saturated carbocycles. The zero-order valence-electron chi connectivity index (χ0n) is 28.5. The first-order valence-electron chi connectivity index (χ1n) is 18.3. The highest BCUT2D eigenvalue weighted by Crippen LogP contribution is 2.49. The quantitative estimate of drug-likeness (QED) is 0.178. The summed E-state index contributed by atoms with van der Waals surface area (Å²) >= 11 is 0. The summed E-state index contributed by atoms with van der Waals surface area (Å²) < 4.78 is 4.93. The highest BCUT2D eigenvalue weighted by atomic mass is 15.0. The minimum atomic E-state index is 1.07. The van der Waals surface area contributed by atoms with Gasteiger partial charge >= 0.3 is 0 Å². The van der Waals surface area contributed by atoms with E-state index in [1.165, 1.54) is 110 Å². The number of aromatic nitrogens is 2. The van der Waals surface area contributed by atoms with Crippen LogP contribution in [0.3, 0.4) is 0 Å². The predicted octanol–water partition coefficient (Wildman–Crippen LogP) is 13.3. The molecule has 0 amide bonds. The minimum absolute atomic E-state index is 1.07. The molecule has 0 radical (unpaired) electrons. The summed E-state index contributed by atoms with van der Waals surface area (Å²) in [7, 11) is 0. The molecule has 52 heavy (non-hydrogen) atoms. The highest BCUT2D eigenvalue weighted by Gasteiger charge is 2.24. The molecule has 10 aromatic rings. The zero-order valence-corrected chi connectivity index (χ0v) is 28.5. The number of aryl methyl sites for hydroxylation is 1. The highest BCUT2D eigenvalue weighted by molar-refractivity contribution is 6.18. The molecule has 0 unspecified atom stereocenters. The van der Waals surface area contributed by atoms with Crippen LogP contribution in [0.15, 0.2) is 164 Å². The van der Waals surface area contributed by atoms with Gasteiger partial charge in [0.05, 0.1) is 22.1 Å². The average molecular weight is 661 g/mol. The first kappa shape index (κ1) is 28.1. The second-order valence-corrected chi connectivity index (χ2v) is 14.4. The Morgan fingerprint density at radius 2 is 1.12 bits per heavy atom. The van der Waals surface area contributed by atoms with Crippen molar-refractivity contribution in [2.45, 2.75) is 12.8 Å². The van der Waals surface area contributed by atoms with Gasteiger partial charge in [0.15, 0.2) is 0 Å². The van der Waals surface area contributed by atoms with Crippen LogP contribution in [0.2, 0.25) is 0 Å². The van der Waals surface area contributed by atoms with Gasteiger partial charge < -0.3 is 9.13 Å². The molecule has 2 aliphatic rings. The van der Waals surface area contributed by atoms with E-state index in [9.17, 15) is 0 Å². The summed E-state index contributed by atoms with van der Waals surface area (Å²) in [6, 6.07) is 58.8. The number of benzene rings is 8. The molecule has 0 atom stereocenters. The lowest BCUT2D eigenvalue weighted by molar-refractivity contribution is 0.986. The van der Waals surface area contributed by atoms with E-state index in [0.717, 1.165) is 12.8 Å². The van der Waals surface area contributed by atoms with Gasteiger partial charge in [-0.15, -0.1) is 0 Å². The van der Waals surface area contributed by atoms with Gasteiger partial charge in [-0.1, -0.05) is 115 Å². The average Bonchev–Trinajstić information content (AvgIpc) is 3.84. The van der Waals surface area contributed by atoms with Crippen LogP contribution in [0.25, 0.3) is 105 Å². The number of para-hydroxylation sites is 2. The number of allylic oxidation sites excluding steroid dienone is 1. The molecule has 2 heteroatoms. The van der Waals surface area contributed by atoms with Crippen LogP contribution < -0.4 is 0 Å². The minimum Gasteiger partial charge on any atom is -0.309 e. The molecule has 0 aliphatic heterocycles. The molecule has 0 N–H and O–H groups in total. The van der Waals surface area contributed by atoms with Gasteiger partial charge in [0, 0.05) is 38.5 Å². The van der Waals surface area contributed by atoms with Gasteiger partial charge in [0.25, 0.3) is 0 Å². The molecule has 242 valence electrons. The molecule has 0 bridgehead atoms. The molecule has 0 spiro atoms. The van der Waals surface area contributed by atoms with Gasteiger partial charge in [-0.05, 0) is 117 Å². The summed E-state index contributed by atoms with van der Waals surface area (Å²) in [4.78, 5) is 0. The molecule has 2 aliphatic carbocycles. The first-order chi connectivity index (χ1) is 25.8. The van der Waals surface area contributed by atoms with Crippen LogP contribution in [0.4, 0.5) is 0 Å². The third kappa shape index (κ3) is 3.79. The molecule has 2 heterocycles. The molecule has 0 saturated heterocycles. The Hall–Kier alpha value is -6.64. The summed E-state index contributed by atoms with van der Waals surface area (Å²) in [6.45, 7) is 0. The van der Waals surface area contributed by atoms with Crippen molar-refractivity contribution in [1.29, 1.82) is 0 Å². The van der Waals surface area contributed by atoms with E-state index in [1.54, 1.807) is 0 Å². The molecule has 12 rings (SSSR count). The van der Waals surface area contributed by atoms with Crippen LogP contribution >= 0.6 is 0 Å². The second kappa shape index (κ2) is 10.4.